The van der Waals surface area contributed by atoms with E-state index >= 15 is 0 Å². The van der Waals surface area contributed by atoms with Crippen LogP contribution in [0.1, 0.15) is 0 Å². The van der Waals surface area contributed by atoms with Crippen molar-refractivity contribution in [3.8, 4) is 33.6 Å². The number of pyridine rings is 1. The summed E-state index contributed by atoms with van der Waals surface area (Å²) in [5.41, 5.74) is 19.8. The van der Waals surface area contributed by atoms with Crippen LogP contribution in [0.25, 0.3) is 175 Å². The summed E-state index contributed by atoms with van der Waals surface area (Å²) < 4.78 is 9.89. The molecule has 78 heavy (non-hydrogen) atoms. The lowest BCUT2D eigenvalue weighted by Crippen LogP contribution is -1.93. The minimum Gasteiger partial charge on any atom is -0.309 e. The van der Waals surface area contributed by atoms with Crippen LogP contribution in [0, 0.1) is 0 Å². The van der Waals surface area contributed by atoms with Crippen molar-refractivity contribution in [3.05, 3.63) is 249 Å². The Bertz CT molecular complexity index is 5790. The largest absolute Gasteiger partial charge is 0.309 e. The number of nitrogens with zero attached hydrogens (tertiary/aromatic N) is 5. The molecule has 19 rings (SSSR count). The Morgan fingerprint density at radius 3 is 1.50 bits per heavy atom. The smallest absolute Gasteiger partial charge is 0.146 e. The van der Waals surface area contributed by atoms with Crippen molar-refractivity contribution in [2.45, 2.75) is 0 Å². The molecular weight excluding hydrogens is 947 g/mol. The van der Waals surface area contributed by atoms with Gasteiger partial charge in [-0.1, -0.05) is 170 Å². The van der Waals surface area contributed by atoms with Crippen LogP contribution in [0.2, 0.25) is 0 Å². The second kappa shape index (κ2) is 14.7. The quantitative estimate of drug-likeness (QED) is 0.173. The zero-order chi connectivity index (χ0) is 50.5. The molecule has 0 aliphatic heterocycles. The van der Waals surface area contributed by atoms with Gasteiger partial charge in [-0.15, -0.1) is 0 Å². The summed E-state index contributed by atoms with van der Waals surface area (Å²) in [6, 6.07) is 92.3. The van der Waals surface area contributed by atoms with Gasteiger partial charge >= 0.3 is 0 Å². The Morgan fingerprint density at radius 2 is 0.795 bits per heavy atom. The van der Waals surface area contributed by atoms with Gasteiger partial charge in [-0.2, -0.15) is 0 Å². The number of benzene rings is 12. The van der Waals surface area contributed by atoms with E-state index in [0.717, 1.165) is 38.8 Å². The number of aromatic nitrogens is 5. The molecule has 0 N–H and O–H groups in total. The second-order valence-electron chi connectivity index (χ2n) is 21.4. The van der Waals surface area contributed by atoms with Gasteiger partial charge in [-0.3, -0.25) is 4.40 Å². The summed E-state index contributed by atoms with van der Waals surface area (Å²) in [5, 5.41) is 18.4. The SMILES string of the molecule is c1ccc(-n2c3ccccc3c3cc(-c4cccc5c6cccc7c8nc9c(cc8n(c45)c67)c4cc5ccccc5c5c6cc7ccccc7c(-c7ccc8c(c7)c7ccccc7n8-c7ccccc7)c6n9c45)ccc32)cc1. The topological polar surface area (TPSA) is 31.6 Å². The highest BCUT2D eigenvalue weighted by molar-refractivity contribution is 6.35. The standard InChI is InChI=1S/C73H41N5/c1-3-19-46(20-4-1)75-61-31-13-11-25-51(61)56-37-44(33-35-63(56)75)50-27-15-28-53-54-29-16-30-55-68-65(77(69(50)53)70(54)55)41-59-58-38-42-17-8-10-24-49(42)67-60-39-43-18-7-9-23-48(43)66(72(60)78(71(58)67)73(59)74-68)45-34-36-64-57(40-45)52-26-12-14-32-62(52)76(64)47-21-5-2-6-22-47/h1-41H. The first-order chi connectivity index (χ1) is 38.7. The molecule has 19 aromatic rings. The number of fused-ring (bicyclic) bond motifs is 21. The zero-order valence-corrected chi connectivity index (χ0v) is 41.9. The molecule has 358 valence electrons. The Hall–Kier alpha value is -10.5. The molecule has 0 atom stereocenters. The maximum atomic E-state index is 5.99. The van der Waals surface area contributed by atoms with Crippen molar-refractivity contribution in [1.82, 2.24) is 22.9 Å². The van der Waals surface area contributed by atoms with Crippen LogP contribution in [-0.4, -0.2) is 22.9 Å². The highest BCUT2D eigenvalue weighted by atomic mass is 15.0. The van der Waals surface area contributed by atoms with Crippen molar-refractivity contribution in [3.63, 3.8) is 0 Å². The summed E-state index contributed by atoms with van der Waals surface area (Å²) in [5.74, 6) is 0. The number of hydrogen-bond donors (Lipinski definition) is 0. The molecule has 0 spiro atoms. The highest BCUT2D eigenvalue weighted by Crippen LogP contribution is 2.50. The predicted molar refractivity (Wildman–Crippen MR) is 328 cm³/mol. The Kier molecular flexibility index (Phi) is 7.68. The summed E-state index contributed by atoms with van der Waals surface area (Å²) in [4.78, 5) is 5.99. The molecule has 0 fully saturated rings. The van der Waals surface area contributed by atoms with E-state index in [1.165, 1.54) is 136 Å². The minimum absolute atomic E-state index is 0.977. The lowest BCUT2D eigenvalue weighted by atomic mass is 9.92. The third-order valence-corrected chi connectivity index (χ3v) is 17.5. The summed E-state index contributed by atoms with van der Waals surface area (Å²) >= 11 is 0. The lowest BCUT2D eigenvalue weighted by molar-refractivity contribution is 1.18. The van der Waals surface area contributed by atoms with Gasteiger partial charge in [0.05, 0.1) is 55.2 Å². The van der Waals surface area contributed by atoms with Crippen LogP contribution in [-0.2, 0) is 0 Å². The molecule has 12 aromatic carbocycles. The van der Waals surface area contributed by atoms with Crippen molar-refractivity contribution in [1.29, 1.82) is 0 Å². The molecule has 5 heteroatoms. The van der Waals surface area contributed by atoms with Gasteiger partial charge in [0, 0.05) is 81.8 Å². The average molecular weight is 988 g/mol. The van der Waals surface area contributed by atoms with Gasteiger partial charge in [0.15, 0.2) is 0 Å². The van der Waals surface area contributed by atoms with Gasteiger partial charge in [-0.05, 0) is 112 Å². The molecule has 0 aliphatic carbocycles. The summed E-state index contributed by atoms with van der Waals surface area (Å²) in [6.07, 6.45) is 0. The van der Waals surface area contributed by atoms with Crippen molar-refractivity contribution in [2.24, 2.45) is 0 Å². The molecule has 0 radical (unpaired) electrons. The fourth-order valence-electron chi connectivity index (χ4n) is 14.4. The minimum atomic E-state index is 0.977. The first-order valence-electron chi connectivity index (χ1n) is 27.0. The average Bonchev–Trinajstić information content (AvgIpc) is 4.52. The lowest BCUT2D eigenvalue weighted by Gasteiger charge is -2.13. The molecule has 0 saturated carbocycles. The van der Waals surface area contributed by atoms with E-state index in [0.29, 0.717) is 0 Å². The normalized spacial score (nSPS) is 12.6. The molecule has 0 unspecified atom stereocenters. The van der Waals surface area contributed by atoms with E-state index in [4.69, 9.17) is 4.98 Å². The number of para-hydroxylation sites is 6. The first-order valence-corrected chi connectivity index (χ1v) is 27.0. The fraction of sp³-hybridized carbons (Fsp3) is 0. The third kappa shape index (κ3) is 5.09. The third-order valence-electron chi connectivity index (χ3n) is 17.5. The summed E-state index contributed by atoms with van der Waals surface area (Å²) in [7, 11) is 0. The van der Waals surface area contributed by atoms with E-state index < -0.39 is 0 Å². The van der Waals surface area contributed by atoms with Gasteiger partial charge in [-0.25, -0.2) is 4.98 Å². The molecule has 5 nitrogen and oxygen atoms in total. The van der Waals surface area contributed by atoms with E-state index in [1.54, 1.807) is 0 Å². The molecule has 7 aromatic heterocycles. The monoisotopic (exact) mass is 987 g/mol. The molecule has 0 saturated heterocycles. The van der Waals surface area contributed by atoms with Crippen LogP contribution in [0.5, 0.6) is 0 Å². The maximum absolute atomic E-state index is 5.99. The summed E-state index contributed by atoms with van der Waals surface area (Å²) in [6.45, 7) is 0. The van der Waals surface area contributed by atoms with E-state index in [-0.39, 0.29) is 0 Å². The van der Waals surface area contributed by atoms with E-state index in [2.05, 4.69) is 267 Å². The zero-order valence-electron chi connectivity index (χ0n) is 41.9. The van der Waals surface area contributed by atoms with E-state index in [9.17, 15) is 0 Å². The van der Waals surface area contributed by atoms with Crippen molar-refractivity contribution >= 4 is 142 Å². The molecule has 0 aliphatic rings. The van der Waals surface area contributed by atoms with Crippen molar-refractivity contribution < 1.29 is 0 Å². The van der Waals surface area contributed by atoms with Gasteiger partial charge in [0.25, 0.3) is 0 Å². The van der Waals surface area contributed by atoms with Gasteiger partial charge in [0.1, 0.15) is 5.65 Å². The van der Waals surface area contributed by atoms with Gasteiger partial charge < -0.3 is 13.5 Å². The highest BCUT2D eigenvalue weighted by Gasteiger charge is 2.28. The predicted octanol–water partition coefficient (Wildman–Crippen LogP) is 19.2. The van der Waals surface area contributed by atoms with Crippen LogP contribution >= 0.6 is 0 Å². The Morgan fingerprint density at radius 1 is 0.269 bits per heavy atom. The van der Waals surface area contributed by atoms with Crippen LogP contribution in [0.15, 0.2) is 249 Å². The first kappa shape index (κ1) is 40.8. The van der Waals surface area contributed by atoms with Gasteiger partial charge in [0.2, 0.25) is 0 Å². The Balaban J connectivity index is 0.929. The molecule has 0 bridgehead atoms. The second-order valence-corrected chi connectivity index (χ2v) is 21.4. The van der Waals surface area contributed by atoms with Crippen LogP contribution in [0.3, 0.4) is 0 Å². The van der Waals surface area contributed by atoms with Crippen molar-refractivity contribution in [2.75, 3.05) is 0 Å². The van der Waals surface area contributed by atoms with Crippen LogP contribution < -0.4 is 0 Å². The number of rotatable bonds is 4. The maximum Gasteiger partial charge on any atom is 0.146 e. The molecule has 0 amide bonds. The Labute approximate surface area is 444 Å². The van der Waals surface area contributed by atoms with E-state index in [1.807, 2.05) is 0 Å². The number of hydrogen-bond acceptors (Lipinski definition) is 1. The molecule has 7 heterocycles. The molecular formula is C73H41N5. The fourth-order valence-corrected chi connectivity index (χ4v) is 14.4. The van der Waals surface area contributed by atoms with Crippen LogP contribution in [0.4, 0.5) is 0 Å².